The molecule has 7 heteroatoms. The van der Waals surface area contributed by atoms with E-state index in [4.69, 9.17) is 16.7 Å². The number of amidine groups is 1. The van der Waals surface area contributed by atoms with Crippen molar-refractivity contribution in [1.29, 1.82) is 0 Å². The SMILES string of the molecule is CC(C)CCC(=O)N[C@@H](C/C(N)=N/N)C(=O)O. The maximum atomic E-state index is 11.4. The van der Waals surface area contributed by atoms with Crippen LogP contribution in [0.3, 0.4) is 0 Å². The third kappa shape index (κ3) is 7.15. The van der Waals surface area contributed by atoms with Gasteiger partial charge in [-0.3, -0.25) is 4.79 Å². The zero-order valence-electron chi connectivity index (χ0n) is 10.1. The number of hydrogen-bond donors (Lipinski definition) is 4. The molecule has 0 radical (unpaired) electrons. The van der Waals surface area contributed by atoms with Gasteiger partial charge in [-0.05, 0) is 12.3 Å². The lowest BCUT2D eigenvalue weighted by Crippen LogP contribution is -2.43. The lowest BCUT2D eigenvalue weighted by molar-refractivity contribution is -0.141. The second kappa shape index (κ2) is 7.48. The van der Waals surface area contributed by atoms with Crippen molar-refractivity contribution in [2.45, 2.75) is 39.2 Å². The van der Waals surface area contributed by atoms with Crippen molar-refractivity contribution in [1.82, 2.24) is 5.32 Å². The van der Waals surface area contributed by atoms with Crippen LogP contribution in [0.25, 0.3) is 0 Å². The Balaban J connectivity index is 4.26. The Morgan fingerprint density at radius 2 is 2.00 bits per heavy atom. The Morgan fingerprint density at radius 1 is 1.41 bits per heavy atom. The first-order valence-corrected chi connectivity index (χ1v) is 5.41. The molecular formula is C10H20N4O3. The largest absolute Gasteiger partial charge is 0.480 e. The van der Waals surface area contributed by atoms with E-state index in [9.17, 15) is 9.59 Å². The number of aliphatic carboxylic acids is 1. The molecule has 1 amide bonds. The average molecular weight is 244 g/mol. The minimum atomic E-state index is -1.16. The molecule has 0 bridgehead atoms. The van der Waals surface area contributed by atoms with Crippen LogP contribution < -0.4 is 16.9 Å². The van der Waals surface area contributed by atoms with E-state index in [1.165, 1.54) is 0 Å². The predicted molar refractivity (Wildman–Crippen MR) is 64.1 cm³/mol. The van der Waals surface area contributed by atoms with Gasteiger partial charge in [0.25, 0.3) is 0 Å². The fourth-order valence-electron chi connectivity index (χ4n) is 1.15. The second-order valence-electron chi connectivity index (χ2n) is 4.22. The smallest absolute Gasteiger partial charge is 0.326 e. The molecule has 0 aromatic heterocycles. The maximum Gasteiger partial charge on any atom is 0.326 e. The van der Waals surface area contributed by atoms with Gasteiger partial charge in [0.2, 0.25) is 5.91 Å². The molecule has 17 heavy (non-hydrogen) atoms. The van der Waals surface area contributed by atoms with E-state index in [0.29, 0.717) is 18.8 Å². The summed E-state index contributed by atoms with van der Waals surface area (Å²) in [6.07, 6.45) is 0.902. The standard InChI is InChI=1S/C10H20N4O3/c1-6(2)3-4-9(15)13-7(10(16)17)5-8(11)14-12/h6-7H,3-5,12H2,1-2H3,(H2,11,14)(H,13,15)(H,16,17)/t7-/m0/s1. The highest BCUT2D eigenvalue weighted by Gasteiger charge is 2.21. The maximum absolute atomic E-state index is 11.4. The van der Waals surface area contributed by atoms with E-state index < -0.39 is 12.0 Å². The van der Waals surface area contributed by atoms with Crippen molar-refractivity contribution in [3.05, 3.63) is 0 Å². The van der Waals surface area contributed by atoms with Gasteiger partial charge in [0.15, 0.2) is 0 Å². The number of hydrogen-bond acceptors (Lipinski definition) is 4. The first kappa shape index (κ1) is 15.2. The van der Waals surface area contributed by atoms with Gasteiger partial charge in [-0.25, -0.2) is 4.79 Å². The van der Waals surface area contributed by atoms with Crippen LogP contribution in [0.4, 0.5) is 0 Å². The Morgan fingerprint density at radius 3 is 2.41 bits per heavy atom. The first-order chi connectivity index (χ1) is 7.86. The molecule has 0 unspecified atom stereocenters. The number of carboxylic acid groups (broad SMARTS) is 1. The Kier molecular flexibility index (Phi) is 6.69. The summed E-state index contributed by atoms with van der Waals surface area (Å²) in [5, 5.41) is 14.4. The second-order valence-corrected chi connectivity index (χ2v) is 4.22. The van der Waals surface area contributed by atoms with Crippen LogP contribution in [-0.4, -0.2) is 28.9 Å². The minimum absolute atomic E-state index is 0.0124. The van der Waals surface area contributed by atoms with Crippen molar-refractivity contribution >= 4 is 17.7 Å². The van der Waals surface area contributed by atoms with Gasteiger partial charge in [0, 0.05) is 12.8 Å². The highest BCUT2D eigenvalue weighted by Crippen LogP contribution is 2.03. The van der Waals surface area contributed by atoms with Gasteiger partial charge in [0.05, 0.1) is 0 Å². The number of carbonyl (C=O) groups is 2. The summed E-state index contributed by atoms with van der Waals surface area (Å²) in [6.45, 7) is 3.97. The quantitative estimate of drug-likeness (QED) is 0.210. The summed E-state index contributed by atoms with van der Waals surface area (Å²) < 4.78 is 0. The van der Waals surface area contributed by atoms with E-state index >= 15 is 0 Å². The molecule has 0 aliphatic carbocycles. The molecule has 6 N–H and O–H groups in total. The normalized spacial score (nSPS) is 13.5. The highest BCUT2D eigenvalue weighted by molar-refractivity contribution is 5.90. The highest BCUT2D eigenvalue weighted by atomic mass is 16.4. The van der Waals surface area contributed by atoms with E-state index in [1.807, 2.05) is 13.8 Å². The molecule has 1 atom stereocenters. The molecule has 0 rings (SSSR count). The third-order valence-corrected chi connectivity index (χ3v) is 2.16. The molecular weight excluding hydrogens is 224 g/mol. The van der Waals surface area contributed by atoms with Crippen LogP contribution >= 0.6 is 0 Å². The summed E-state index contributed by atoms with van der Waals surface area (Å²) in [6, 6.07) is -1.08. The number of nitrogens with one attached hydrogen (secondary N) is 1. The summed E-state index contributed by atoms with van der Waals surface area (Å²) in [5.41, 5.74) is 5.32. The number of carbonyl (C=O) groups excluding carboxylic acids is 1. The number of amides is 1. The number of nitrogens with two attached hydrogens (primary N) is 2. The van der Waals surface area contributed by atoms with Gasteiger partial charge in [-0.15, -0.1) is 0 Å². The fourth-order valence-corrected chi connectivity index (χ4v) is 1.15. The van der Waals surface area contributed by atoms with E-state index in [0.717, 1.165) is 0 Å². The molecule has 0 aliphatic rings. The summed E-state index contributed by atoms with van der Waals surface area (Å²) >= 11 is 0. The predicted octanol–water partition coefficient (Wildman–Crippen LogP) is -0.387. The lowest BCUT2D eigenvalue weighted by Gasteiger charge is -2.14. The van der Waals surface area contributed by atoms with E-state index in [1.54, 1.807) is 0 Å². The summed E-state index contributed by atoms with van der Waals surface area (Å²) in [4.78, 5) is 22.3. The van der Waals surface area contributed by atoms with Crippen molar-refractivity contribution < 1.29 is 14.7 Å². The minimum Gasteiger partial charge on any atom is -0.480 e. The van der Waals surface area contributed by atoms with Crippen LogP contribution in [0, 0.1) is 5.92 Å². The molecule has 0 fully saturated rings. The number of rotatable bonds is 7. The Labute approximate surface area is 100 Å². The van der Waals surface area contributed by atoms with Crippen molar-refractivity contribution in [3.8, 4) is 0 Å². The number of nitrogens with zero attached hydrogens (tertiary/aromatic N) is 1. The summed E-state index contributed by atoms with van der Waals surface area (Å²) in [5.74, 6) is 3.82. The first-order valence-electron chi connectivity index (χ1n) is 5.41. The zero-order chi connectivity index (χ0) is 13.4. The molecule has 0 aromatic rings. The fraction of sp³-hybridized carbons (Fsp3) is 0.700. The molecule has 0 spiro atoms. The van der Waals surface area contributed by atoms with Crippen LogP contribution in [0.5, 0.6) is 0 Å². The molecule has 98 valence electrons. The van der Waals surface area contributed by atoms with Crippen LogP contribution in [0.15, 0.2) is 5.10 Å². The zero-order valence-corrected chi connectivity index (χ0v) is 10.1. The average Bonchev–Trinajstić information content (AvgIpc) is 2.25. The van der Waals surface area contributed by atoms with Gasteiger partial charge < -0.3 is 22.0 Å². The monoisotopic (exact) mass is 244 g/mol. The molecule has 0 saturated heterocycles. The molecule has 0 saturated carbocycles. The lowest BCUT2D eigenvalue weighted by atomic mass is 10.1. The van der Waals surface area contributed by atoms with Gasteiger partial charge >= 0.3 is 5.97 Å². The molecule has 0 aromatic carbocycles. The van der Waals surface area contributed by atoms with Crippen molar-refractivity contribution in [2.24, 2.45) is 22.6 Å². The summed E-state index contributed by atoms with van der Waals surface area (Å²) in [7, 11) is 0. The number of hydrazone groups is 1. The van der Waals surface area contributed by atoms with Crippen molar-refractivity contribution in [2.75, 3.05) is 0 Å². The number of carboxylic acids is 1. The van der Waals surface area contributed by atoms with Gasteiger partial charge in [-0.2, -0.15) is 5.10 Å². The van der Waals surface area contributed by atoms with Crippen LogP contribution in [-0.2, 0) is 9.59 Å². The van der Waals surface area contributed by atoms with Crippen LogP contribution in [0.1, 0.15) is 33.1 Å². The third-order valence-electron chi connectivity index (χ3n) is 2.16. The van der Waals surface area contributed by atoms with Crippen LogP contribution in [0.2, 0.25) is 0 Å². The molecule has 0 aliphatic heterocycles. The Hall–Kier alpha value is -1.79. The van der Waals surface area contributed by atoms with E-state index in [2.05, 4.69) is 10.4 Å². The topological polar surface area (TPSA) is 131 Å². The van der Waals surface area contributed by atoms with E-state index in [-0.39, 0.29) is 18.2 Å². The van der Waals surface area contributed by atoms with Gasteiger partial charge in [0.1, 0.15) is 11.9 Å². The molecule has 0 heterocycles. The Bertz CT molecular complexity index is 302. The van der Waals surface area contributed by atoms with Crippen molar-refractivity contribution in [3.63, 3.8) is 0 Å². The van der Waals surface area contributed by atoms with Gasteiger partial charge in [-0.1, -0.05) is 13.8 Å². The molecule has 7 nitrogen and oxygen atoms in total.